The quantitative estimate of drug-likeness (QED) is 0.819. The highest BCUT2D eigenvalue weighted by atomic mass is 16.2. The first kappa shape index (κ1) is 15.8. The summed E-state index contributed by atoms with van der Waals surface area (Å²) in [5.41, 5.74) is 8.31. The summed E-state index contributed by atoms with van der Waals surface area (Å²) in [6.07, 6.45) is 6.66. The van der Waals surface area contributed by atoms with Crippen molar-refractivity contribution < 1.29 is 4.79 Å². The van der Waals surface area contributed by atoms with Gasteiger partial charge in [0.05, 0.1) is 6.54 Å². The van der Waals surface area contributed by atoms with Gasteiger partial charge in [0.1, 0.15) is 0 Å². The van der Waals surface area contributed by atoms with Gasteiger partial charge in [0.2, 0.25) is 5.91 Å². The Balaban J connectivity index is 1.82. The van der Waals surface area contributed by atoms with Gasteiger partial charge in [0.15, 0.2) is 0 Å². The third-order valence-electron chi connectivity index (χ3n) is 4.36. The molecule has 0 saturated heterocycles. The number of amides is 1. The third-order valence-corrected chi connectivity index (χ3v) is 4.36. The molecule has 1 aliphatic carbocycles. The fraction of sp³-hybridized carbons (Fsp3) is 0.588. The molecule has 0 unspecified atom stereocenters. The Hall–Kier alpha value is -1.55. The summed E-state index contributed by atoms with van der Waals surface area (Å²) in [6.45, 7) is 3.38. The van der Waals surface area contributed by atoms with E-state index in [4.69, 9.17) is 5.73 Å². The molecule has 0 spiro atoms. The highest BCUT2D eigenvalue weighted by Gasteiger charge is 2.17. The van der Waals surface area contributed by atoms with E-state index in [-0.39, 0.29) is 5.91 Å². The molecular formula is C17H27N3O. The number of nitrogens with two attached hydrogens (primary N) is 1. The zero-order valence-corrected chi connectivity index (χ0v) is 13.2. The van der Waals surface area contributed by atoms with Crippen molar-refractivity contribution in [3.63, 3.8) is 0 Å². The molecular weight excluding hydrogens is 262 g/mol. The van der Waals surface area contributed by atoms with E-state index in [9.17, 15) is 4.79 Å². The number of rotatable bonds is 5. The zero-order chi connectivity index (χ0) is 15.2. The molecule has 4 heteroatoms. The fourth-order valence-electron chi connectivity index (χ4n) is 3.10. The normalized spacial score (nSPS) is 16.1. The second-order valence-electron chi connectivity index (χ2n) is 6.27. The molecule has 0 aromatic heterocycles. The molecule has 0 aliphatic heterocycles. The summed E-state index contributed by atoms with van der Waals surface area (Å²) in [5, 5.41) is 2.96. The van der Waals surface area contributed by atoms with Crippen LogP contribution in [0.25, 0.3) is 0 Å². The number of likely N-dealkylation sites (N-methyl/N-ethyl adjacent to an activating group) is 1. The minimum Gasteiger partial charge on any atom is -0.398 e. The van der Waals surface area contributed by atoms with Crippen LogP contribution in [0.4, 0.5) is 11.4 Å². The molecule has 1 aromatic carbocycles. The fourth-order valence-corrected chi connectivity index (χ4v) is 3.10. The zero-order valence-electron chi connectivity index (χ0n) is 13.2. The van der Waals surface area contributed by atoms with E-state index >= 15 is 0 Å². The molecule has 1 saturated carbocycles. The molecule has 0 radical (unpaired) electrons. The first-order valence-corrected chi connectivity index (χ1v) is 7.89. The van der Waals surface area contributed by atoms with E-state index in [1.54, 1.807) is 0 Å². The van der Waals surface area contributed by atoms with Crippen molar-refractivity contribution >= 4 is 17.3 Å². The van der Waals surface area contributed by atoms with Crippen LogP contribution in [-0.2, 0) is 4.79 Å². The summed E-state index contributed by atoms with van der Waals surface area (Å²) in [4.78, 5) is 14.3. The van der Waals surface area contributed by atoms with Gasteiger partial charge in [-0.2, -0.15) is 0 Å². The van der Waals surface area contributed by atoms with E-state index in [1.165, 1.54) is 32.1 Å². The molecule has 0 atom stereocenters. The maximum Gasteiger partial charge on any atom is 0.238 e. The third kappa shape index (κ3) is 4.74. The molecule has 4 nitrogen and oxygen atoms in total. The Bertz CT molecular complexity index is 481. The predicted octanol–water partition coefficient (Wildman–Crippen LogP) is 3.03. The number of nitrogens with zero attached hydrogens (tertiary/aromatic N) is 1. The number of hydrogen-bond donors (Lipinski definition) is 2. The van der Waals surface area contributed by atoms with Gasteiger partial charge in [-0.1, -0.05) is 25.3 Å². The lowest BCUT2D eigenvalue weighted by atomic mass is 9.89. The van der Waals surface area contributed by atoms with Crippen LogP contribution in [0.1, 0.15) is 37.7 Å². The standard InChI is InChI=1S/C17H27N3O/c1-13-15(18)9-6-10-16(13)19-17(21)12-20(2)11-14-7-4-3-5-8-14/h6,9-10,14H,3-5,7-8,11-12,18H2,1-2H3,(H,19,21). The SMILES string of the molecule is Cc1c(N)cccc1NC(=O)CN(C)CC1CCCCC1. The number of benzene rings is 1. The van der Waals surface area contributed by atoms with Gasteiger partial charge in [-0.25, -0.2) is 0 Å². The van der Waals surface area contributed by atoms with Crippen LogP contribution in [0, 0.1) is 12.8 Å². The number of nitrogens with one attached hydrogen (secondary N) is 1. The minimum atomic E-state index is 0.0296. The molecule has 1 amide bonds. The van der Waals surface area contributed by atoms with Gasteiger partial charge < -0.3 is 11.1 Å². The van der Waals surface area contributed by atoms with Gasteiger partial charge in [-0.05, 0) is 50.4 Å². The second-order valence-corrected chi connectivity index (χ2v) is 6.27. The monoisotopic (exact) mass is 289 g/mol. The second kappa shape index (κ2) is 7.46. The van der Waals surface area contributed by atoms with Crippen molar-refractivity contribution in [2.45, 2.75) is 39.0 Å². The highest BCUT2D eigenvalue weighted by Crippen LogP contribution is 2.24. The van der Waals surface area contributed by atoms with Crippen LogP contribution in [0.5, 0.6) is 0 Å². The van der Waals surface area contributed by atoms with E-state index in [2.05, 4.69) is 10.2 Å². The molecule has 1 fully saturated rings. The van der Waals surface area contributed by atoms with Gasteiger partial charge in [0.25, 0.3) is 0 Å². The smallest absolute Gasteiger partial charge is 0.238 e. The Morgan fingerprint density at radius 3 is 2.76 bits per heavy atom. The van der Waals surface area contributed by atoms with Crippen molar-refractivity contribution in [2.24, 2.45) is 5.92 Å². The molecule has 3 N–H and O–H groups in total. The van der Waals surface area contributed by atoms with Crippen LogP contribution in [0.15, 0.2) is 18.2 Å². The van der Waals surface area contributed by atoms with Crippen molar-refractivity contribution in [3.8, 4) is 0 Å². The number of hydrogen-bond acceptors (Lipinski definition) is 3. The molecule has 0 heterocycles. The van der Waals surface area contributed by atoms with Gasteiger partial charge in [-0.15, -0.1) is 0 Å². The van der Waals surface area contributed by atoms with E-state index in [0.29, 0.717) is 12.2 Å². The number of carbonyl (C=O) groups is 1. The maximum atomic E-state index is 12.1. The summed E-state index contributed by atoms with van der Waals surface area (Å²) >= 11 is 0. The van der Waals surface area contributed by atoms with Crippen LogP contribution in [-0.4, -0.2) is 30.9 Å². The predicted molar refractivity (Wildman–Crippen MR) is 88.3 cm³/mol. The Morgan fingerprint density at radius 1 is 1.33 bits per heavy atom. The largest absolute Gasteiger partial charge is 0.398 e. The summed E-state index contributed by atoms with van der Waals surface area (Å²) in [7, 11) is 2.03. The maximum absolute atomic E-state index is 12.1. The molecule has 21 heavy (non-hydrogen) atoms. The lowest BCUT2D eigenvalue weighted by Crippen LogP contribution is -2.34. The number of anilines is 2. The molecule has 1 aliphatic rings. The number of nitrogen functional groups attached to an aromatic ring is 1. The molecule has 0 bridgehead atoms. The Morgan fingerprint density at radius 2 is 2.05 bits per heavy atom. The van der Waals surface area contributed by atoms with Crippen LogP contribution < -0.4 is 11.1 Å². The average molecular weight is 289 g/mol. The first-order valence-electron chi connectivity index (χ1n) is 7.89. The summed E-state index contributed by atoms with van der Waals surface area (Å²) in [6, 6.07) is 5.61. The van der Waals surface area contributed by atoms with Crippen LogP contribution >= 0.6 is 0 Å². The van der Waals surface area contributed by atoms with Crippen LogP contribution in [0.3, 0.4) is 0 Å². The van der Waals surface area contributed by atoms with E-state index < -0.39 is 0 Å². The van der Waals surface area contributed by atoms with Crippen molar-refractivity contribution in [3.05, 3.63) is 23.8 Å². The summed E-state index contributed by atoms with van der Waals surface area (Å²) in [5.74, 6) is 0.785. The topological polar surface area (TPSA) is 58.4 Å². The lowest BCUT2D eigenvalue weighted by molar-refractivity contribution is -0.117. The summed E-state index contributed by atoms with van der Waals surface area (Å²) < 4.78 is 0. The molecule has 2 rings (SSSR count). The van der Waals surface area contributed by atoms with Gasteiger partial charge in [-0.3, -0.25) is 9.69 Å². The van der Waals surface area contributed by atoms with Gasteiger partial charge >= 0.3 is 0 Å². The van der Waals surface area contributed by atoms with E-state index in [1.807, 2.05) is 32.2 Å². The van der Waals surface area contributed by atoms with Crippen molar-refractivity contribution in [1.29, 1.82) is 0 Å². The number of carbonyl (C=O) groups excluding carboxylic acids is 1. The molecule has 116 valence electrons. The van der Waals surface area contributed by atoms with E-state index in [0.717, 1.165) is 23.7 Å². The van der Waals surface area contributed by atoms with Gasteiger partial charge in [0, 0.05) is 17.9 Å². The Labute approximate surface area is 127 Å². The van der Waals surface area contributed by atoms with Crippen LogP contribution in [0.2, 0.25) is 0 Å². The van der Waals surface area contributed by atoms with Crippen molar-refractivity contribution in [2.75, 3.05) is 31.2 Å². The highest BCUT2D eigenvalue weighted by molar-refractivity contribution is 5.93. The average Bonchev–Trinajstić information content (AvgIpc) is 2.44. The molecule has 1 aromatic rings. The lowest BCUT2D eigenvalue weighted by Gasteiger charge is -2.26. The van der Waals surface area contributed by atoms with Crippen molar-refractivity contribution in [1.82, 2.24) is 4.90 Å². The minimum absolute atomic E-state index is 0.0296. The Kier molecular flexibility index (Phi) is 5.62. The first-order chi connectivity index (χ1) is 10.1.